The van der Waals surface area contributed by atoms with Gasteiger partial charge in [-0.1, -0.05) is 11.6 Å². The normalized spacial score (nSPS) is 12.1. The molecule has 2 N–H and O–H groups in total. The largest absolute Gasteiger partial charge is 0.417 e. The Kier molecular flexibility index (Phi) is 3.48. The molecule has 0 radical (unpaired) electrons. The fourth-order valence-corrected chi connectivity index (χ4v) is 2.73. The lowest BCUT2D eigenvalue weighted by Crippen LogP contribution is -2.08. The summed E-state index contributed by atoms with van der Waals surface area (Å²) in [5.41, 5.74) is 6.59. The molecule has 0 spiro atoms. The van der Waals surface area contributed by atoms with Crippen molar-refractivity contribution < 1.29 is 13.2 Å². The zero-order valence-corrected chi connectivity index (χ0v) is 13.0. The van der Waals surface area contributed by atoms with Crippen molar-refractivity contribution in [3.05, 3.63) is 46.1 Å². The lowest BCUT2D eigenvalue weighted by atomic mass is 10.1. The molecule has 0 amide bonds. The number of anilines is 1. The summed E-state index contributed by atoms with van der Waals surface area (Å²) in [5.74, 6) is -0.106. The monoisotopic (exact) mass is 340 g/mol. The fraction of sp³-hybridized carbons (Fsp3) is 0.200. The highest BCUT2D eigenvalue weighted by Gasteiger charge is 2.35. The number of hydrogen-bond acceptors (Lipinski definition) is 3. The van der Waals surface area contributed by atoms with E-state index in [4.69, 9.17) is 17.3 Å². The third kappa shape index (κ3) is 2.61. The van der Waals surface area contributed by atoms with Gasteiger partial charge in [-0.3, -0.25) is 0 Å². The van der Waals surface area contributed by atoms with E-state index in [1.807, 2.05) is 0 Å². The lowest BCUT2D eigenvalue weighted by molar-refractivity contribution is -0.136. The van der Waals surface area contributed by atoms with Crippen LogP contribution in [0.25, 0.3) is 16.7 Å². The highest BCUT2D eigenvalue weighted by molar-refractivity contribution is 6.30. The number of benzene rings is 1. The van der Waals surface area contributed by atoms with Crippen LogP contribution < -0.4 is 5.73 Å². The third-order valence-electron chi connectivity index (χ3n) is 3.50. The summed E-state index contributed by atoms with van der Waals surface area (Å²) in [5, 5.41) is 4.47. The zero-order valence-electron chi connectivity index (χ0n) is 12.2. The molecule has 3 aromatic rings. The van der Waals surface area contributed by atoms with E-state index in [1.54, 1.807) is 25.1 Å². The van der Waals surface area contributed by atoms with E-state index >= 15 is 0 Å². The number of aryl methyl sites for hydroxylation is 2. The van der Waals surface area contributed by atoms with Gasteiger partial charge in [-0.25, -0.2) is 9.67 Å². The van der Waals surface area contributed by atoms with Gasteiger partial charge in [0, 0.05) is 10.7 Å². The second-order valence-corrected chi connectivity index (χ2v) is 5.67. The molecule has 0 fully saturated rings. The van der Waals surface area contributed by atoms with Gasteiger partial charge < -0.3 is 5.73 Å². The first-order valence-corrected chi connectivity index (χ1v) is 7.06. The summed E-state index contributed by atoms with van der Waals surface area (Å²) in [4.78, 5) is 4.07. The fourth-order valence-electron chi connectivity index (χ4n) is 2.50. The predicted molar refractivity (Wildman–Crippen MR) is 82.8 cm³/mol. The Balaban J connectivity index is 2.35. The zero-order chi connectivity index (χ0) is 16.9. The highest BCUT2D eigenvalue weighted by atomic mass is 35.5. The molecule has 2 aromatic heterocycles. The van der Waals surface area contributed by atoms with Crippen molar-refractivity contribution in [2.24, 2.45) is 0 Å². The standard InChI is InChI=1S/C15H12ClF3N4/c1-7-5-9(16)3-4-11(7)23-13(20)12-10(15(17,18)19)6-8(2)21-14(12)22-23/h3-6H,20H2,1-2H3. The van der Waals surface area contributed by atoms with Crippen molar-refractivity contribution in [3.8, 4) is 5.69 Å². The number of rotatable bonds is 1. The minimum absolute atomic E-state index is 0.0378. The van der Waals surface area contributed by atoms with E-state index in [0.717, 1.165) is 11.6 Å². The van der Waals surface area contributed by atoms with Crippen LogP contribution >= 0.6 is 11.6 Å². The van der Waals surface area contributed by atoms with E-state index in [0.29, 0.717) is 10.7 Å². The maximum absolute atomic E-state index is 13.3. The van der Waals surface area contributed by atoms with Gasteiger partial charge in [0.2, 0.25) is 0 Å². The highest BCUT2D eigenvalue weighted by Crippen LogP contribution is 2.38. The Morgan fingerprint density at radius 1 is 1.17 bits per heavy atom. The van der Waals surface area contributed by atoms with Crippen LogP contribution in [-0.2, 0) is 6.18 Å². The summed E-state index contributed by atoms with van der Waals surface area (Å²) in [6, 6.07) is 5.94. The van der Waals surface area contributed by atoms with Crippen LogP contribution in [0.4, 0.5) is 19.0 Å². The first-order chi connectivity index (χ1) is 10.7. The van der Waals surface area contributed by atoms with E-state index in [-0.39, 0.29) is 22.5 Å². The van der Waals surface area contributed by atoms with Crippen molar-refractivity contribution in [1.82, 2.24) is 14.8 Å². The molecule has 0 atom stereocenters. The quantitative estimate of drug-likeness (QED) is 0.719. The second kappa shape index (κ2) is 5.13. The molecule has 23 heavy (non-hydrogen) atoms. The lowest BCUT2D eigenvalue weighted by Gasteiger charge is -2.10. The van der Waals surface area contributed by atoms with Crippen LogP contribution in [0.3, 0.4) is 0 Å². The molecular formula is C15H12ClF3N4. The summed E-state index contributed by atoms with van der Waals surface area (Å²) in [6.45, 7) is 3.26. The molecule has 0 unspecified atom stereocenters. The van der Waals surface area contributed by atoms with Crippen molar-refractivity contribution >= 4 is 28.5 Å². The molecule has 120 valence electrons. The van der Waals surface area contributed by atoms with E-state index in [9.17, 15) is 13.2 Å². The molecule has 0 aliphatic rings. The first-order valence-electron chi connectivity index (χ1n) is 6.68. The average molecular weight is 341 g/mol. The van der Waals surface area contributed by atoms with Gasteiger partial charge in [0.25, 0.3) is 0 Å². The third-order valence-corrected chi connectivity index (χ3v) is 3.73. The molecule has 3 rings (SSSR count). The van der Waals surface area contributed by atoms with E-state index in [1.165, 1.54) is 11.6 Å². The Bertz CT molecular complexity index is 915. The summed E-state index contributed by atoms with van der Waals surface area (Å²) < 4.78 is 41.1. The second-order valence-electron chi connectivity index (χ2n) is 5.24. The van der Waals surface area contributed by atoms with Crippen molar-refractivity contribution in [2.45, 2.75) is 20.0 Å². The predicted octanol–water partition coefficient (Wildman–Crippen LogP) is 4.29. The van der Waals surface area contributed by atoms with Crippen LogP contribution in [-0.4, -0.2) is 14.8 Å². The van der Waals surface area contributed by atoms with Crippen LogP contribution in [0.5, 0.6) is 0 Å². The topological polar surface area (TPSA) is 56.7 Å². The van der Waals surface area contributed by atoms with Gasteiger partial charge in [0.15, 0.2) is 5.65 Å². The molecule has 0 aliphatic heterocycles. The molecule has 0 bridgehead atoms. The number of halogens is 4. The Morgan fingerprint density at radius 3 is 2.48 bits per heavy atom. The molecule has 8 heteroatoms. The minimum atomic E-state index is -4.54. The van der Waals surface area contributed by atoms with Gasteiger partial charge in [0.1, 0.15) is 5.82 Å². The van der Waals surface area contributed by atoms with Crippen LogP contribution in [0.15, 0.2) is 24.3 Å². The Labute approximate surface area is 134 Å². The number of nitrogens with two attached hydrogens (primary N) is 1. The number of alkyl halides is 3. The number of hydrogen-bond donors (Lipinski definition) is 1. The van der Waals surface area contributed by atoms with Gasteiger partial charge in [0.05, 0.1) is 16.6 Å². The van der Waals surface area contributed by atoms with Crippen molar-refractivity contribution in [2.75, 3.05) is 5.73 Å². The summed E-state index contributed by atoms with van der Waals surface area (Å²) in [7, 11) is 0. The average Bonchev–Trinajstić information content (AvgIpc) is 2.74. The number of pyridine rings is 1. The SMILES string of the molecule is Cc1cc(C(F)(F)F)c2c(N)n(-c3ccc(Cl)cc3C)nc2n1. The smallest absolute Gasteiger partial charge is 0.383 e. The van der Waals surface area contributed by atoms with Crippen LogP contribution in [0.1, 0.15) is 16.8 Å². The Morgan fingerprint density at radius 2 is 1.87 bits per heavy atom. The van der Waals surface area contributed by atoms with Gasteiger partial charge in [-0.15, -0.1) is 5.10 Å². The number of nitrogen functional groups attached to an aromatic ring is 1. The summed E-state index contributed by atoms with van der Waals surface area (Å²) in [6.07, 6.45) is -4.54. The molecule has 0 saturated carbocycles. The van der Waals surface area contributed by atoms with Gasteiger partial charge in [-0.2, -0.15) is 13.2 Å². The molecular weight excluding hydrogens is 329 g/mol. The Hall–Kier alpha value is -2.28. The first kappa shape index (κ1) is 15.6. The molecule has 4 nitrogen and oxygen atoms in total. The molecule has 0 aliphatic carbocycles. The molecule has 2 heterocycles. The van der Waals surface area contributed by atoms with Crippen molar-refractivity contribution in [3.63, 3.8) is 0 Å². The number of nitrogens with zero attached hydrogens (tertiary/aromatic N) is 3. The van der Waals surface area contributed by atoms with Crippen molar-refractivity contribution in [1.29, 1.82) is 0 Å². The van der Waals surface area contributed by atoms with Gasteiger partial charge in [-0.05, 0) is 43.7 Å². The maximum atomic E-state index is 13.3. The number of aromatic nitrogens is 3. The van der Waals surface area contributed by atoms with E-state index < -0.39 is 11.7 Å². The van der Waals surface area contributed by atoms with Crippen LogP contribution in [0.2, 0.25) is 5.02 Å². The molecule has 1 aromatic carbocycles. The van der Waals surface area contributed by atoms with Crippen LogP contribution in [0, 0.1) is 13.8 Å². The minimum Gasteiger partial charge on any atom is -0.383 e. The summed E-state index contributed by atoms with van der Waals surface area (Å²) >= 11 is 5.91. The maximum Gasteiger partial charge on any atom is 0.417 e. The van der Waals surface area contributed by atoms with Gasteiger partial charge >= 0.3 is 6.18 Å². The molecule has 0 saturated heterocycles. The van der Waals surface area contributed by atoms with E-state index in [2.05, 4.69) is 10.1 Å². The number of fused-ring (bicyclic) bond motifs is 1.